The molecule has 1 aromatic heterocycles. The number of hydrogen-bond acceptors (Lipinski definition) is 4. The molecule has 0 saturated heterocycles. The van der Waals surface area contributed by atoms with Crippen LogP contribution in [0.2, 0.25) is 0 Å². The molecule has 1 N–H and O–H groups in total. The van der Waals surface area contributed by atoms with Crippen LogP contribution in [0.1, 0.15) is 22.8 Å². The molecule has 0 fully saturated rings. The van der Waals surface area contributed by atoms with E-state index in [-0.39, 0.29) is 18.0 Å². The Morgan fingerprint density at radius 2 is 2.20 bits per heavy atom. The predicted octanol–water partition coefficient (Wildman–Crippen LogP) is 2.06. The number of hydrogen-bond donors (Lipinski definition) is 1. The van der Waals surface area contributed by atoms with E-state index < -0.39 is 17.3 Å². The number of aromatic nitrogens is 2. The molecule has 1 aromatic carbocycles. The van der Waals surface area contributed by atoms with Gasteiger partial charge in [-0.3, -0.25) is 4.79 Å². The number of aryl methyl sites for hydroxylation is 1. The molecule has 20 heavy (non-hydrogen) atoms. The summed E-state index contributed by atoms with van der Waals surface area (Å²) < 4.78 is 18.0. The van der Waals surface area contributed by atoms with Crippen LogP contribution in [0.4, 0.5) is 4.39 Å². The van der Waals surface area contributed by atoms with Gasteiger partial charge in [-0.15, -0.1) is 0 Å². The molecule has 0 aliphatic carbocycles. The van der Waals surface area contributed by atoms with Gasteiger partial charge in [-0.05, 0) is 31.5 Å². The van der Waals surface area contributed by atoms with Crippen LogP contribution in [0.3, 0.4) is 0 Å². The second kappa shape index (κ2) is 5.64. The monoisotopic (exact) mass is 276 g/mol. The van der Waals surface area contributed by atoms with Gasteiger partial charge in [0, 0.05) is 11.8 Å². The summed E-state index contributed by atoms with van der Waals surface area (Å²) in [4.78, 5) is 29.8. The number of halogens is 1. The zero-order valence-corrected chi connectivity index (χ0v) is 11.1. The Morgan fingerprint density at radius 3 is 2.85 bits per heavy atom. The van der Waals surface area contributed by atoms with Gasteiger partial charge < -0.3 is 9.72 Å². The number of carbonyl (C=O) groups is 1. The highest BCUT2D eigenvalue weighted by Crippen LogP contribution is 2.19. The predicted molar refractivity (Wildman–Crippen MR) is 70.9 cm³/mol. The highest BCUT2D eigenvalue weighted by atomic mass is 19.1. The van der Waals surface area contributed by atoms with Crippen LogP contribution >= 0.6 is 0 Å². The van der Waals surface area contributed by atoms with Gasteiger partial charge in [0.15, 0.2) is 0 Å². The lowest BCUT2D eigenvalue weighted by Crippen LogP contribution is -2.21. The average Bonchev–Trinajstić information content (AvgIpc) is 2.41. The summed E-state index contributed by atoms with van der Waals surface area (Å²) >= 11 is 0. The topological polar surface area (TPSA) is 72.0 Å². The number of carbonyl (C=O) groups excluding carboxylic acids is 1. The molecule has 0 aliphatic heterocycles. The lowest BCUT2D eigenvalue weighted by Gasteiger charge is -2.06. The van der Waals surface area contributed by atoms with Gasteiger partial charge in [-0.2, -0.15) is 0 Å². The Hall–Kier alpha value is -2.50. The molecule has 0 bridgehead atoms. The molecule has 6 heteroatoms. The number of H-pyrrole nitrogens is 1. The summed E-state index contributed by atoms with van der Waals surface area (Å²) in [5.74, 6) is -0.952. The Kier molecular flexibility index (Phi) is 3.93. The summed E-state index contributed by atoms with van der Waals surface area (Å²) in [6.07, 6.45) is 1.14. The van der Waals surface area contributed by atoms with Gasteiger partial charge in [0.05, 0.1) is 6.61 Å². The van der Waals surface area contributed by atoms with E-state index in [0.29, 0.717) is 5.56 Å². The number of ether oxygens (including phenoxy) is 1. The van der Waals surface area contributed by atoms with E-state index in [0.717, 1.165) is 11.8 Å². The molecule has 2 rings (SSSR count). The lowest BCUT2D eigenvalue weighted by atomic mass is 10.1. The first-order valence-electron chi connectivity index (χ1n) is 6.06. The van der Waals surface area contributed by atoms with Crippen molar-refractivity contribution in [2.24, 2.45) is 0 Å². The first-order chi connectivity index (χ1) is 9.52. The van der Waals surface area contributed by atoms with E-state index in [2.05, 4.69) is 9.97 Å². The molecule has 0 aliphatic rings. The Morgan fingerprint density at radius 1 is 1.45 bits per heavy atom. The van der Waals surface area contributed by atoms with Crippen molar-refractivity contribution >= 4 is 5.97 Å². The maximum Gasteiger partial charge on any atom is 0.345 e. The van der Waals surface area contributed by atoms with Gasteiger partial charge in [-0.25, -0.2) is 14.2 Å². The molecule has 0 amide bonds. The van der Waals surface area contributed by atoms with Gasteiger partial charge in [0.2, 0.25) is 0 Å². The molecule has 0 saturated carbocycles. The second-order valence-corrected chi connectivity index (χ2v) is 4.15. The van der Waals surface area contributed by atoms with Crippen molar-refractivity contribution in [3.63, 3.8) is 0 Å². The van der Waals surface area contributed by atoms with Gasteiger partial charge in [-0.1, -0.05) is 6.07 Å². The van der Waals surface area contributed by atoms with Crippen LogP contribution in [0.25, 0.3) is 11.4 Å². The number of aromatic amines is 1. The van der Waals surface area contributed by atoms with Crippen molar-refractivity contribution in [3.8, 4) is 11.4 Å². The molecular weight excluding hydrogens is 263 g/mol. The van der Waals surface area contributed by atoms with Gasteiger partial charge in [0.1, 0.15) is 17.2 Å². The first kappa shape index (κ1) is 13.9. The first-order valence-corrected chi connectivity index (χ1v) is 6.06. The molecular formula is C14H13FN2O3. The molecule has 5 nitrogen and oxygen atoms in total. The van der Waals surface area contributed by atoms with E-state index in [1.807, 2.05) is 0 Å². The lowest BCUT2D eigenvalue weighted by molar-refractivity contribution is 0.0524. The number of nitrogens with zero attached hydrogens (tertiary/aromatic N) is 1. The van der Waals surface area contributed by atoms with Crippen LogP contribution in [0.5, 0.6) is 0 Å². The van der Waals surface area contributed by atoms with Crippen molar-refractivity contribution in [1.29, 1.82) is 0 Å². The van der Waals surface area contributed by atoms with Crippen LogP contribution in [0.15, 0.2) is 29.2 Å². The second-order valence-electron chi connectivity index (χ2n) is 4.15. The summed E-state index contributed by atoms with van der Waals surface area (Å²) in [7, 11) is 0. The standard InChI is InChI=1S/C14H13FN2O3/c1-3-20-14(19)11-7-16-12(17-13(11)18)10-6-9(15)5-4-8(10)2/h4-7H,3H2,1-2H3,(H,16,17,18). The maximum atomic E-state index is 13.2. The van der Waals surface area contributed by atoms with E-state index >= 15 is 0 Å². The fourth-order valence-electron chi connectivity index (χ4n) is 1.74. The van der Waals surface area contributed by atoms with Crippen molar-refractivity contribution in [3.05, 3.63) is 51.7 Å². The smallest absolute Gasteiger partial charge is 0.345 e. The summed E-state index contributed by atoms with van der Waals surface area (Å²) in [5.41, 5.74) is 0.442. The van der Waals surface area contributed by atoms with E-state index in [9.17, 15) is 14.0 Å². The summed E-state index contributed by atoms with van der Waals surface area (Å²) in [6, 6.07) is 4.19. The Balaban J connectivity index is 2.46. The van der Waals surface area contributed by atoms with Crippen LogP contribution < -0.4 is 5.56 Å². The van der Waals surface area contributed by atoms with Crippen LogP contribution in [0, 0.1) is 12.7 Å². The van der Waals surface area contributed by atoms with E-state index in [1.54, 1.807) is 19.9 Å². The average molecular weight is 276 g/mol. The number of rotatable bonds is 3. The largest absolute Gasteiger partial charge is 0.462 e. The minimum atomic E-state index is -0.733. The third-order valence-corrected chi connectivity index (χ3v) is 2.75. The fourth-order valence-corrected chi connectivity index (χ4v) is 1.74. The summed E-state index contributed by atoms with van der Waals surface area (Å²) in [6.45, 7) is 3.58. The number of nitrogens with one attached hydrogen (secondary N) is 1. The minimum absolute atomic E-state index is 0.170. The quantitative estimate of drug-likeness (QED) is 0.871. The highest BCUT2D eigenvalue weighted by molar-refractivity contribution is 5.88. The molecule has 0 spiro atoms. The Bertz CT molecular complexity index is 710. The van der Waals surface area contributed by atoms with Crippen molar-refractivity contribution in [1.82, 2.24) is 9.97 Å². The number of esters is 1. The van der Waals surface area contributed by atoms with Crippen LogP contribution in [-0.4, -0.2) is 22.5 Å². The molecule has 0 unspecified atom stereocenters. The maximum absolute atomic E-state index is 13.2. The fraction of sp³-hybridized carbons (Fsp3) is 0.214. The van der Waals surface area contributed by atoms with Crippen LogP contribution in [-0.2, 0) is 4.74 Å². The Labute approximate surface area is 114 Å². The van der Waals surface area contributed by atoms with Crippen molar-refractivity contribution in [2.45, 2.75) is 13.8 Å². The van der Waals surface area contributed by atoms with Gasteiger partial charge >= 0.3 is 5.97 Å². The molecule has 0 atom stereocenters. The zero-order chi connectivity index (χ0) is 14.7. The number of benzene rings is 1. The van der Waals surface area contributed by atoms with Gasteiger partial charge in [0.25, 0.3) is 5.56 Å². The third-order valence-electron chi connectivity index (χ3n) is 2.75. The minimum Gasteiger partial charge on any atom is -0.462 e. The molecule has 1 heterocycles. The summed E-state index contributed by atoms with van der Waals surface area (Å²) in [5, 5.41) is 0. The van der Waals surface area contributed by atoms with Crippen molar-refractivity contribution < 1.29 is 13.9 Å². The zero-order valence-electron chi connectivity index (χ0n) is 11.1. The highest BCUT2D eigenvalue weighted by Gasteiger charge is 2.14. The van der Waals surface area contributed by atoms with E-state index in [1.165, 1.54) is 12.1 Å². The third kappa shape index (κ3) is 2.74. The molecule has 2 aromatic rings. The van der Waals surface area contributed by atoms with Crippen molar-refractivity contribution in [2.75, 3.05) is 6.61 Å². The molecule has 104 valence electrons. The normalized spacial score (nSPS) is 10.3. The van der Waals surface area contributed by atoms with E-state index in [4.69, 9.17) is 4.74 Å². The molecule has 0 radical (unpaired) electrons. The SMILES string of the molecule is CCOC(=O)c1cnc(-c2cc(F)ccc2C)[nH]c1=O.